The Morgan fingerprint density at radius 1 is 1.29 bits per heavy atom. The Balaban J connectivity index is 2.79. The number of aliphatic hydroxyl groups is 1. The molecule has 0 spiro atoms. The smallest absolute Gasteiger partial charge is 0.297 e. The zero-order valence-corrected chi connectivity index (χ0v) is 9.88. The van der Waals surface area contributed by atoms with Crippen molar-refractivity contribution in [2.45, 2.75) is 17.7 Å². The molecule has 0 aliphatic heterocycles. The lowest BCUT2D eigenvalue weighted by atomic mass is 10.2. The Bertz CT molecular complexity index is 468. The monoisotopic (exact) mass is 266 g/mol. The maximum atomic E-state index is 12.6. The van der Waals surface area contributed by atoms with E-state index in [1.807, 2.05) is 0 Å². The maximum Gasteiger partial charge on any atom is 0.297 e. The van der Waals surface area contributed by atoms with Gasteiger partial charge in [-0.2, -0.15) is 8.42 Å². The van der Waals surface area contributed by atoms with Gasteiger partial charge in [-0.1, -0.05) is 17.7 Å². The van der Waals surface area contributed by atoms with Crippen molar-refractivity contribution >= 4 is 10.1 Å². The molecular formula is C10H12F2O4S. The summed E-state index contributed by atoms with van der Waals surface area (Å²) in [5, 5.41) is 8.27. The molecule has 0 atom stereocenters. The number of hydrogen-bond acceptors (Lipinski definition) is 4. The van der Waals surface area contributed by atoms with Gasteiger partial charge in [0.05, 0.1) is 4.90 Å². The fourth-order valence-corrected chi connectivity index (χ4v) is 1.92. The minimum Gasteiger partial charge on any atom is -0.390 e. The molecule has 7 heteroatoms. The molecule has 1 aromatic rings. The molecule has 1 aromatic carbocycles. The van der Waals surface area contributed by atoms with E-state index in [0.717, 1.165) is 5.56 Å². The third-order valence-electron chi connectivity index (χ3n) is 1.97. The molecule has 0 heterocycles. The molecule has 1 rings (SSSR count). The van der Waals surface area contributed by atoms with Crippen molar-refractivity contribution in [2.75, 3.05) is 13.2 Å². The van der Waals surface area contributed by atoms with Gasteiger partial charge in [0, 0.05) is 0 Å². The quantitative estimate of drug-likeness (QED) is 0.817. The lowest BCUT2D eigenvalue weighted by Crippen LogP contribution is -2.29. The van der Waals surface area contributed by atoms with E-state index < -0.39 is 29.3 Å². The van der Waals surface area contributed by atoms with Crippen molar-refractivity contribution < 1.29 is 26.5 Å². The van der Waals surface area contributed by atoms with E-state index in [4.69, 9.17) is 5.11 Å². The second-order valence-electron chi connectivity index (χ2n) is 3.54. The van der Waals surface area contributed by atoms with Crippen LogP contribution in [0.25, 0.3) is 0 Å². The zero-order chi connectivity index (χ0) is 13.1. The summed E-state index contributed by atoms with van der Waals surface area (Å²) in [6, 6.07) is 5.59. The summed E-state index contributed by atoms with van der Waals surface area (Å²) in [5.41, 5.74) is 0.838. The van der Waals surface area contributed by atoms with Crippen molar-refractivity contribution in [2.24, 2.45) is 0 Å². The van der Waals surface area contributed by atoms with E-state index >= 15 is 0 Å². The average molecular weight is 266 g/mol. The highest BCUT2D eigenvalue weighted by atomic mass is 32.2. The molecule has 0 amide bonds. The highest BCUT2D eigenvalue weighted by Crippen LogP contribution is 2.18. The van der Waals surface area contributed by atoms with Crippen LogP contribution in [-0.4, -0.2) is 32.7 Å². The molecule has 0 radical (unpaired) electrons. The lowest BCUT2D eigenvalue weighted by molar-refractivity contribution is -0.0788. The van der Waals surface area contributed by atoms with Gasteiger partial charge in [0.15, 0.2) is 0 Å². The first-order valence-electron chi connectivity index (χ1n) is 4.72. The molecule has 0 bridgehead atoms. The van der Waals surface area contributed by atoms with Gasteiger partial charge in [-0.25, -0.2) is 8.78 Å². The summed E-state index contributed by atoms with van der Waals surface area (Å²) in [6.07, 6.45) is 0. The first kappa shape index (κ1) is 14.0. The van der Waals surface area contributed by atoms with Crippen molar-refractivity contribution in [1.82, 2.24) is 0 Å². The highest BCUT2D eigenvalue weighted by molar-refractivity contribution is 7.86. The normalized spacial score (nSPS) is 12.7. The Hall–Kier alpha value is -1.05. The predicted molar refractivity (Wildman–Crippen MR) is 56.3 cm³/mol. The van der Waals surface area contributed by atoms with Gasteiger partial charge in [-0.15, -0.1) is 0 Å². The van der Waals surface area contributed by atoms with E-state index in [1.54, 1.807) is 6.92 Å². The van der Waals surface area contributed by atoms with Crippen LogP contribution in [0.3, 0.4) is 0 Å². The lowest BCUT2D eigenvalue weighted by Gasteiger charge is -2.13. The summed E-state index contributed by atoms with van der Waals surface area (Å²) in [7, 11) is -4.21. The number of alkyl halides is 2. The molecular weight excluding hydrogens is 254 g/mol. The maximum absolute atomic E-state index is 12.6. The second kappa shape index (κ2) is 5.07. The Kier molecular flexibility index (Phi) is 4.18. The molecule has 96 valence electrons. The van der Waals surface area contributed by atoms with Crippen molar-refractivity contribution in [3.63, 3.8) is 0 Å². The third-order valence-corrected chi connectivity index (χ3v) is 3.24. The van der Waals surface area contributed by atoms with Gasteiger partial charge in [0.1, 0.15) is 13.2 Å². The number of rotatable bonds is 5. The SMILES string of the molecule is Cc1ccc(S(=O)(=O)OCC(F)(F)CO)cc1. The second-order valence-corrected chi connectivity index (χ2v) is 5.16. The van der Waals surface area contributed by atoms with Gasteiger partial charge in [0.2, 0.25) is 0 Å². The number of aliphatic hydroxyl groups excluding tert-OH is 1. The minimum atomic E-state index is -4.21. The third kappa shape index (κ3) is 4.03. The van der Waals surface area contributed by atoms with Gasteiger partial charge in [-0.05, 0) is 19.1 Å². The van der Waals surface area contributed by atoms with Crippen LogP contribution in [0.2, 0.25) is 0 Å². The summed E-state index contributed by atoms with van der Waals surface area (Å²) in [4.78, 5) is -0.197. The largest absolute Gasteiger partial charge is 0.390 e. The molecule has 0 unspecified atom stereocenters. The molecule has 17 heavy (non-hydrogen) atoms. The summed E-state index contributed by atoms with van der Waals surface area (Å²) < 4.78 is 52.4. The highest BCUT2D eigenvalue weighted by Gasteiger charge is 2.31. The van der Waals surface area contributed by atoms with E-state index in [2.05, 4.69) is 4.18 Å². The topological polar surface area (TPSA) is 63.6 Å². The van der Waals surface area contributed by atoms with Crippen molar-refractivity contribution in [3.05, 3.63) is 29.8 Å². The molecule has 0 aliphatic rings. The molecule has 1 N–H and O–H groups in total. The number of benzene rings is 1. The molecule has 0 saturated carbocycles. The van der Waals surface area contributed by atoms with Crippen LogP contribution in [0.1, 0.15) is 5.56 Å². The van der Waals surface area contributed by atoms with Crippen LogP contribution in [0.4, 0.5) is 8.78 Å². The van der Waals surface area contributed by atoms with Crippen LogP contribution in [0, 0.1) is 6.92 Å². The first-order valence-corrected chi connectivity index (χ1v) is 6.12. The average Bonchev–Trinajstić information content (AvgIpc) is 2.27. The molecule has 0 fully saturated rings. The zero-order valence-electron chi connectivity index (χ0n) is 9.06. The van der Waals surface area contributed by atoms with Crippen molar-refractivity contribution in [3.8, 4) is 0 Å². The van der Waals surface area contributed by atoms with E-state index in [9.17, 15) is 17.2 Å². The molecule has 0 aliphatic carbocycles. The standard InChI is InChI=1S/C10H12F2O4S/c1-8-2-4-9(5-3-8)17(14,15)16-7-10(11,12)6-13/h2-5,13H,6-7H2,1H3. The van der Waals surface area contributed by atoms with Gasteiger partial charge >= 0.3 is 0 Å². The van der Waals surface area contributed by atoms with Crippen molar-refractivity contribution in [1.29, 1.82) is 0 Å². The van der Waals surface area contributed by atoms with Crippen LogP contribution < -0.4 is 0 Å². The van der Waals surface area contributed by atoms with E-state index in [1.165, 1.54) is 24.3 Å². The Labute approximate surface area is 98.0 Å². The first-order chi connectivity index (χ1) is 7.77. The Morgan fingerprint density at radius 2 is 1.82 bits per heavy atom. The molecule has 0 saturated heterocycles. The van der Waals surface area contributed by atoms with Crippen LogP contribution in [0.15, 0.2) is 29.2 Å². The number of hydrogen-bond donors (Lipinski definition) is 1. The summed E-state index contributed by atoms with van der Waals surface area (Å²) >= 11 is 0. The minimum absolute atomic E-state index is 0.197. The van der Waals surface area contributed by atoms with Gasteiger partial charge < -0.3 is 5.11 Å². The fraction of sp³-hybridized carbons (Fsp3) is 0.400. The van der Waals surface area contributed by atoms with Crippen LogP contribution in [-0.2, 0) is 14.3 Å². The molecule has 4 nitrogen and oxygen atoms in total. The van der Waals surface area contributed by atoms with E-state index in [0.29, 0.717) is 0 Å². The number of halogens is 2. The van der Waals surface area contributed by atoms with Gasteiger partial charge in [-0.3, -0.25) is 4.18 Å². The number of aryl methyl sites for hydroxylation is 1. The van der Waals surface area contributed by atoms with Gasteiger partial charge in [0.25, 0.3) is 16.0 Å². The van der Waals surface area contributed by atoms with E-state index in [-0.39, 0.29) is 4.90 Å². The molecule has 0 aromatic heterocycles. The summed E-state index contributed by atoms with van der Waals surface area (Å²) in [5.74, 6) is -3.57. The predicted octanol–water partition coefficient (Wildman–Crippen LogP) is 1.33. The Morgan fingerprint density at radius 3 is 2.29 bits per heavy atom. The fourth-order valence-electron chi connectivity index (χ4n) is 0.982. The van der Waals surface area contributed by atoms with Crippen LogP contribution >= 0.6 is 0 Å². The van der Waals surface area contributed by atoms with Crippen LogP contribution in [0.5, 0.6) is 0 Å². The summed E-state index contributed by atoms with van der Waals surface area (Å²) in [6.45, 7) is -1.08.